The zero-order valence-corrected chi connectivity index (χ0v) is 13.9. The highest BCUT2D eigenvalue weighted by Gasteiger charge is 2.59. The minimum absolute atomic E-state index is 0.0260. The van der Waals surface area contributed by atoms with E-state index in [0.717, 1.165) is 19.3 Å². The van der Waals surface area contributed by atoms with Crippen LogP contribution in [-0.2, 0) is 9.47 Å². The molecule has 24 heavy (non-hydrogen) atoms. The molecule has 1 saturated heterocycles. The average molecular weight is 334 g/mol. The van der Waals surface area contributed by atoms with Crippen LogP contribution in [0.2, 0.25) is 0 Å². The smallest absolute Gasteiger partial charge is 0.293 e. The van der Waals surface area contributed by atoms with Gasteiger partial charge in [0.2, 0.25) is 0 Å². The number of hydrogen-bond donors (Lipinski definition) is 1. The molecule has 0 unspecified atom stereocenters. The normalized spacial score (nSPS) is 28.6. The van der Waals surface area contributed by atoms with Gasteiger partial charge in [-0.3, -0.25) is 14.9 Å². The van der Waals surface area contributed by atoms with Gasteiger partial charge in [-0.25, -0.2) is 0 Å². The number of Topliss-reactive ketones (excluding diaryl/α,β-unsaturated/α-hetero) is 1. The number of ketones is 1. The van der Waals surface area contributed by atoms with Gasteiger partial charge in [0.15, 0.2) is 5.78 Å². The van der Waals surface area contributed by atoms with Gasteiger partial charge >= 0.3 is 0 Å². The summed E-state index contributed by atoms with van der Waals surface area (Å²) in [6.07, 6.45) is 2.62. The highest BCUT2D eigenvalue weighted by molar-refractivity contribution is 5.95. The van der Waals surface area contributed by atoms with Gasteiger partial charge in [0.25, 0.3) is 5.69 Å². The molecule has 0 bridgehead atoms. The van der Waals surface area contributed by atoms with Crippen LogP contribution in [0.1, 0.15) is 43.5 Å². The highest BCUT2D eigenvalue weighted by atomic mass is 16.6. The largest absolute Gasteiger partial charge is 0.375 e. The van der Waals surface area contributed by atoms with Crippen molar-refractivity contribution in [2.45, 2.75) is 50.9 Å². The van der Waals surface area contributed by atoms with Crippen molar-refractivity contribution in [3.05, 3.63) is 33.9 Å². The minimum Gasteiger partial charge on any atom is -0.375 e. The summed E-state index contributed by atoms with van der Waals surface area (Å²) in [4.78, 5) is 22.4. The predicted octanol–water partition coefficient (Wildman–Crippen LogP) is 2.94. The van der Waals surface area contributed by atoms with E-state index in [0.29, 0.717) is 24.5 Å². The van der Waals surface area contributed by atoms with Crippen LogP contribution in [0.25, 0.3) is 0 Å². The van der Waals surface area contributed by atoms with E-state index in [9.17, 15) is 14.9 Å². The molecular formula is C17H22N2O5. The molecule has 7 heteroatoms. The Labute approximate surface area is 140 Å². The molecule has 1 aromatic carbocycles. The van der Waals surface area contributed by atoms with Crippen molar-refractivity contribution in [3.8, 4) is 0 Å². The van der Waals surface area contributed by atoms with Gasteiger partial charge in [-0.05, 0) is 45.2 Å². The Kier molecular flexibility index (Phi) is 4.56. The lowest BCUT2D eigenvalue weighted by atomic mass is 9.70. The lowest BCUT2D eigenvalue weighted by Crippen LogP contribution is -2.66. The standard InChI is InChI=1S/C17H22N2O5/c1-3-23-16-10-15(17(16)7-4-8-24-17)18-13-6-5-12(11(2)20)9-14(13)19(21)22/h5-6,9,15-16,18H,3-4,7-8,10H2,1-2H3/t15-,16+,17-/m0/s1. The first-order chi connectivity index (χ1) is 11.5. The molecule has 1 aliphatic heterocycles. The van der Waals surface area contributed by atoms with Gasteiger partial charge in [-0.15, -0.1) is 0 Å². The number of nitro groups is 1. The summed E-state index contributed by atoms with van der Waals surface area (Å²) in [6, 6.07) is 4.51. The number of carbonyl (C=O) groups is 1. The maximum atomic E-state index is 11.5. The molecule has 1 aliphatic carbocycles. The first-order valence-corrected chi connectivity index (χ1v) is 8.29. The second-order valence-electron chi connectivity index (χ2n) is 6.33. The number of carbonyl (C=O) groups excluding carboxylic acids is 1. The second-order valence-corrected chi connectivity index (χ2v) is 6.33. The molecular weight excluding hydrogens is 312 g/mol. The molecule has 130 valence electrons. The van der Waals surface area contributed by atoms with Gasteiger partial charge in [0, 0.05) is 24.8 Å². The first kappa shape index (κ1) is 16.9. The molecule has 2 fully saturated rings. The number of ether oxygens (including phenoxy) is 2. The summed E-state index contributed by atoms with van der Waals surface area (Å²) < 4.78 is 11.7. The summed E-state index contributed by atoms with van der Waals surface area (Å²) in [7, 11) is 0. The van der Waals surface area contributed by atoms with E-state index in [1.807, 2.05) is 6.92 Å². The van der Waals surface area contributed by atoms with E-state index in [4.69, 9.17) is 9.47 Å². The Bertz CT molecular complexity index is 654. The van der Waals surface area contributed by atoms with Crippen molar-refractivity contribution >= 4 is 17.2 Å². The van der Waals surface area contributed by atoms with Crippen molar-refractivity contribution in [1.82, 2.24) is 0 Å². The van der Waals surface area contributed by atoms with E-state index < -0.39 is 10.5 Å². The molecule has 1 heterocycles. The molecule has 0 aromatic heterocycles. The average Bonchev–Trinajstić information content (AvgIpc) is 3.06. The molecule has 3 atom stereocenters. The molecule has 0 radical (unpaired) electrons. The zero-order chi connectivity index (χ0) is 17.3. The summed E-state index contributed by atoms with van der Waals surface area (Å²) in [5, 5.41) is 14.6. The fourth-order valence-electron chi connectivity index (χ4n) is 3.69. The van der Waals surface area contributed by atoms with E-state index in [1.165, 1.54) is 13.0 Å². The van der Waals surface area contributed by atoms with Crippen LogP contribution in [0.15, 0.2) is 18.2 Å². The molecule has 2 aliphatic rings. The van der Waals surface area contributed by atoms with Crippen molar-refractivity contribution in [2.75, 3.05) is 18.5 Å². The van der Waals surface area contributed by atoms with Crippen LogP contribution in [0.5, 0.6) is 0 Å². The quantitative estimate of drug-likeness (QED) is 0.489. The summed E-state index contributed by atoms with van der Waals surface area (Å²) in [5.41, 5.74) is 0.263. The predicted molar refractivity (Wildman–Crippen MR) is 88.5 cm³/mol. The zero-order valence-electron chi connectivity index (χ0n) is 13.9. The third kappa shape index (κ3) is 2.78. The Morgan fingerprint density at radius 1 is 1.54 bits per heavy atom. The molecule has 1 N–H and O–H groups in total. The SMILES string of the molecule is CCO[C@@H]1C[C@H](Nc2ccc(C(C)=O)cc2[N+](=O)[O-])[C@@]12CCCO2. The molecule has 1 spiro atoms. The topological polar surface area (TPSA) is 90.7 Å². The Balaban J connectivity index is 1.83. The van der Waals surface area contributed by atoms with Crippen molar-refractivity contribution in [1.29, 1.82) is 0 Å². The number of anilines is 1. The van der Waals surface area contributed by atoms with Crippen LogP contribution in [0.4, 0.5) is 11.4 Å². The molecule has 7 nitrogen and oxygen atoms in total. The number of nitrogens with one attached hydrogen (secondary N) is 1. The minimum atomic E-state index is -0.463. The van der Waals surface area contributed by atoms with Crippen LogP contribution in [0, 0.1) is 10.1 Å². The van der Waals surface area contributed by atoms with Gasteiger partial charge in [0.05, 0.1) is 17.1 Å². The van der Waals surface area contributed by atoms with Crippen molar-refractivity contribution in [2.24, 2.45) is 0 Å². The third-order valence-corrected chi connectivity index (χ3v) is 4.97. The van der Waals surface area contributed by atoms with Crippen LogP contribution >= 0.6 is 0 Å². The van der Waals surface area contributed by atoms with E-state index in [1.54, 1.807) is 12.1 Å². The van der Waals surface area contributed by atoms with Crippen LogP contribution in [0.3, 0.4) is 0 Å². The van der Waals surface area contributed by atoms with Gasteiger partial charge < -0.3 is 14.8 Å². The van der Waals surface area contributed by atoms with Gasteiger partial charge in [-0.1, -0.05) is 0 Å². The maximum absolute atomic E-state index is 11.5. The number of benzene rings is 1. The fraction of sp³-hybridized carbons (Fsp3) is 0.588. The molecule has 1 aromatic rings. The Morgan fingerprint density at radius 2 is 2.33 bits per heavy atom. The maximum Gasteiger partial charge on any atom is 0.293 e. The summed E-state index contributed by atoms with van der Waals surface area (Å²) in [5.74, 6) is -0.194. The Morgan fingerprint density at radius 3 is 2.92 bits per heavy atom. The lowest BCUT2D eigenvalue weighted by molar-refractivity contribution is -0.384. The van der Waals surface area contributed by atoms with Gasteiger partial charge in [-0.2, -0.15) is 0 Å². The number of nitrogens with zero attached hydrogens (tertiary/aromatic N) is 1. The molecule has 0 amide bonds. The fourth-order valence-corrected chi connectivity index (χ4v) is 3.69. The van der Waals surface area contributed by atoms with E-state index in [2.05, 4.69) is 5.32 Å². The van der Waals surface area contributed by atoms with E-state index in [-0.39, 0.29) is 23.6 Å². The van der Waals surface area contributed by atoms with Crippen LogP contribution in [-0.4, -0.2) is 41.7 Å². The highest BCUT2D eigenvalue weighted by Crippen LogP contribution is 2.47. The Hall–Kier alpha value is -1.99. The summed E-state index contributed by atoms with van der Waals surface area (Å²) in [6.45, 7) is 4.66. The second kappa shape index (κ2) is 6.49. The first-order valence-electron chi connectivity index (χ1n) is 8.29. The number of hydrogen-bond acceptors (Lipinski definition) is 6. The van der Waals surface area contributed by atoms with Gasteiger partial charge in [0.1, 0.15) is 11.3 Å². The van der Waals surface area contributed by atoms with E-state index >= 15 is 0 Å². The van der Waals surface area contributed by atoms with Crippen molar-refractivity contribution in [3.63, 3.8) is 0 Å². The number of rotatable bonds is 6. The summed E-state index contributed by atoms with van der Waals surface area (Å²) >= 11 is 0. The van der Waals surface area contributed by atoms with Crippen LogP contribution < -0.4 is 5.32 Å². The monoisotopic (exact) mass is 334 g/mol. The third-order valence-electron chi connectivity index (χ3n) is 4.97. The van der Waals surface area contributed by atoms with Crippen molar-refractivity contribution < 1.29 is 19.2 Å². The number of nitro benzene ring substituents is 1. The molecule has 3 rings (SSSR count). The lowest BCUT2D eigenvalue weighted by Gasteiger charge is -2.52. The molecule has 1 saturated carbocycles.